The highest BCUT2D eigenvalue weighted by molar-refractivity contribution is 7.26. The minimum absolute atomic E-state index is 0.912. The van der Waals surface area contributed by atoms with Crippen LogP contribution < -0.4 is 0 Å². The van der Waals surface area contributed by atoms with Gasteiger partial charge in [0.05, 0.1) is 10.9 Å². The van der Waals surface area contributed by atoms with Gasteiger partial charge in [-0.05, 0) is 64.4 Å². The zero-order valence-electron chi connectivity index (χ0n) is 20.9. The van der Waals surface area contributed by atoms with Crippen LogP contribution in [0.25, 0.3) is 80.7 Å². The van der Waals surface area contributed by atoms with Crippen LogP contribution in [-0.2, 0) is 0 Å². The molecule has 0 aliphatic rings. The summed E-state index contributed by atoms with van der Waals surface area (Å²) < 4.78 is 11.6. The Balaban J connectivity index is 1.37. The third kappa shape index (κ3) is 2.91. The average molecular weight is 516 g/mol. The molecule has 3 heteroatoms. The molecule has 0 N–H and O–H groups in total. The van der Waals surface area contributed by atoms with Gasteiger partial charge in [-0.15, -0.1) is 11.3 Å². The molecular weight excluding hydrogens is 494 g/mol. The van der Waals surface area contributed by atoms with E-state index in [9.17, 15) is 0 Å². The lowest BCUT2D eigenvalue weighted by atomic mass is 9.98. The highest BCUT2D eigenvalue weighted by atomic mass is 32.1. The quantitative estimate of drug-likeness (QED) is 0.224. The van der Waals surface area contributed by atoms with Gasteiger partial charge in [0.2, 0.25) is 0 Å². The Morgan fingerprint density at radius 1 is 0.564 bits per heavy atom. The number of benzene rings is 6. The fourth-order valence-electron chi connectivity index (χ4n) is 6.31. The summed E-state index contributed by atoms with van der Waals surface area (Å²) in [6, 6.07) is 45.7. The molecule has 2 nitrogen and oxygen atoms in total. The van der Waals surface area contributed by atoms with E-state index in [1.165, 1.54) is 42.1 Å². The fraction of sp³-hybridized carbons (Fsp3) is 0. The molecule has 0 radical (unpaired) electrons. The predicted molar refractivity (Wildman–Crippen MR) is 166 cm³/mol. The third-order valence-corrected chi connectivity index (χ3v) is 9.11. The zero-order chi connectivity index (χ0) is 25.5. The summed E-state index contributed by atoms with van der Waals surface area (Å²) >= 11 is 1.87. The van der Waals surface area contributed by atoms with Gasteiger partial charge >= 0.3 is 0 Å². The van der Waals surface area contributed by atoms with Gasteiger partial charge < -0.3 is 8.98 Å². The molecule has 9 aromatic rings. The van der Waals surface area contributed by atoms with Crippen LogP contribution in [0.4, 0.5) is 0 Å². The molecule has 0 bridgehead atoms. The van der Waals surface area contributed by atoms with Gasteiger partial charge in [0, 0.05) is 31.2 Å². The second-order valence-electron chi connectivity index (χ2n) is 10.1. The maximum absolute atomic E-state index is 6.60. The molecule has 0 amide bonds. The Hall–Kier alpha value is -4.86. The van der Waals surface area contributed by atoms with Crippen LogP contribution in [0.3, 0.4) is 0 Å². The molecule has 6 aromatic carbocycles. The molecule has 39 heavy (non-hydrogen) atoms. The van der Waals surface area contributed by atoms with Crippen molar-refractivity contribution in [2.75, 3.05) is 0 Å². The fourth-order valence-corrected chi connectivity index (χ4v) is 7.47. The summed E-state index contributed by atoms with van der Waals surface area (Å²) in [5.74, 6) is 0. The molecule has 182 valence electrons. The molecular formula is C36H21NOS. The summed E-state index contributed by atoms with van der Waals surface area (Å²) in [5, 5.41) is 7.56. The lowest BCUT2D eigenvalue weighted by Gasteiger charge is -2.09. The summed E-state index contributed by atoms with van der Waals surface area (Å²) in [7, 11) is 0. The Kier molecular flexibility index (Phi) is 4.24. The van der Waals surface area contributed by atoms with Crippen molar-refractivity contribution in [1.82, 2.24) is 4.57 Å². The van der Waals surface area contributed by atoms with E-state index in [1.54, 1.807) is 0 Å². The van der Waals surface area contributed by atoms with Crippen LogP contribution in [-0.4, -0.2) is 4.57 Å². The number of hydrogen-bond donors (Lipinski definition) is 0. The van der Waals surface area contributed by atoms with Gasteiger partial charge in [-0.1, -0.05) is 84.9 Å². The van der Waals surface area contributed by atoms with E-state index in [2.05, 4.69) is 132 Å². The SMILES string of the molecule is c1ccc(-n2c3ccccc3c3oc4cccc(-c5ccc6c(c5)sc5ccc7ccccc7c56)c4c32)cc1. The van der Waals surface area contributed by atoms with E-state index in [0.29, 0.717) is 0 Å². The lowest BCUT2D eigenvalue weighted by Crippen LogP contribution is -1.93. The second kappa shape index (κ2) is 7.83. The molecule has 0 saturated carbocycles. The zero-order valence-corrected chi connectivity index (χ0v) is 21.7. The van der Waals surface area contributed by atoms with Crippen molar-refractivity contribution in [2.45, 2.75) is 0 Å². The van der Waals surface area contributed by atoms with E-state index < -0.39 is 0 Å². The van der Waals surface area contributed by atoms with Crippen molar-refractivity contribution < 1.29 is 4.42 Å². The second-order valence-corrected chi connectivity index (χ2v) is 11.2. The summed E-state index contributed by atoms with van der Waals surface area (Å²) in [4.78, 5) is 0. The van der Waals surface area contributed by atoms with E-state index in [4.69, 9.17) is 4.42 Å². The molecule has 0 spiro atoms. The van der Waals surface area contributed by atoms with E-state index in [0.717, 1.165) is 38.7 Å². The smallest absolute Gasteiger partial charge is 0.161 e. The van der Waals surface area contributed by atoms with Crippen molar-refractivity contribution in [3.63, 3.8) is 0 Å². The van der Waals surface area contributed by atoms with Crippen LogP contribution >= 0.6 is 11.3 Å². The summed E-state index contributed by atoms with van der Waals surface area (Å²) in [6.07, 6.45) is 0. The lowest BCUT2D eigenvalue weighted by molar-refractivity contribution is 0.673. The maximum Gasteiger partial charge on any atom is 0.161 e. The Labute approximate surface area is 227 Å². The van der Waals surface area contributed by atoms with E-state index >= 15 is 0 Å². The average Bonchev–Trinajstić information content (AvgIpc) is 3.66. The molecule has 0 fully saturated rings. The first-order chi connectivity index (χ1) is 19.3. The first kappa shape index (κ1) is 21.1. The molecule has 3 heterocycles. The number of aromatic nitrogens is 1. The highest BCUT2D eigenvalue weighted by Crippen LogP contribution is 2.45. The number of para-hydroxylation sites is 2. The monoisotopic (exact) mass is 515 g/mol. The summed E-state index contributed by atoms with van der Waals surface area (Å²) in [5.41, 5.74) is 7.65. The maximum atomic E-state index is 6.60. The standard InChI is InChI=1S/C36H21NOS/c1-2-10-24(11-3-1)37-29-15-7-6-13-27(29)36-35(37)34-26(14-8-16-30(34)38-36)23-17-19-28-32(21-23)39-31-20-18-22-9-4-5-12-25(22)33(28)31/h1-21H. The van der Waals surface area contributed by atoms with Crippen LogP contribution in [0.1, 0.15) is 0 Å². The third-order valence-electron chi connectivity index (χ3n) is 7.99. The number of hydrogen-bond acceptors (Lipinski definition) is 2. The van der Waals surface area contributed by atoms with Crippen LogP contribution in [0.2, 0.25) is 0 Å². The number of thiophene rings is 1. The van der Waals surface area contributed by atoms with Crippen LogP contribution in [0, 0.1) is 0 Å². The Bertz CT molecular complexity index is 2390. The van der Waals surface area contributed by atoms with Gasteiger partial charge in [0.1, 0.15) is 11.1 Å². The van der Waals surface area contributed by atoms with Gasteiger partial charge in [-0.25, -0.2) is 0 Å². The largest absolute Gasteiger partial charge is 0.454 e. The molecule has 0 aliphatic carbocycles. The Morgan fingerprint density at radius 3 is 2.31 bits per heavy atom. The Morgan fingerprint density at radius 2 is 1.38 bits per heavy atom. The van der Waals surface area contributed by atoms with Gasteiger partial charge in [0.25, 0.3) is 0 Å². The molecule has 0 saturated heterocycles. The van der Waals surface area contributed by atoms with E-state index in [1.807, 2.05) is 11.3 Å². The molecule has 0 aliphatic heterocycles. The van der Waals surface area contributed by atoms with Crippen molar-refractivity contribution in [1.29, 1.82) is 0 Å². The minimum Gasteiger partial charge on any atom is -0.454 e. The summed E-state index contributed by atoms with van der Waals surface area (Å²) in [6.45, 7) is 0. The van der Waals surface area contributed by atoms with Crippen molar-refractivity contribution in [2.24, 2.45) is 0 Å². The predicted octanol–water partition coefficient (Wildman–Crippen LogP) is 10.7. The molecule has 9 rings (SSSR count). The highest BCUT2D eigenvalue weighted by Gasteiger charge is 2.22. The van der Waals surface area contributed by atoms with Crippen molar-refractivity contribution >= 4 is 75.3 Å². The first-order valence-electron chi connectivity index (χ1n) is 13.2. The van der Waals surface area contributed by atoms with Gasteiger partial charge in [-0.2, -0.15) is 0 Å². The van der Waals surface area contributed by atoms with Crippen LogP contribution in [0.15, 0.2) is 132 Å². The number of nitrogens with zero attached hydrogens (tertiary/aromatic N) is 1. The van der Waals surface area contributed by atoms with E-state index in [-0.39, 0.29) is 0 Å². The molecule has 3 aromatic heterocycles. The molecule has 0 atom stereocenters. The van der Waals surface area contributed by atoms with Crippen molar-refractivity contribution in [3.05, 3.63) is 127 Å². The normalized spacial score (nSPS) is 12.1. The van der Waals surface area contributed by atoms with Crippen LogP contribution in [0.5, 0.6) is 0 Å². The van der Waals surface area contributed by atoms with Gasteiger partial charge in [-0.3, -0.25) is 0 Å². The number of furan rings is 1. The first-order valence-corrected chi connectivity index (χ1v) is 14.0. The van der Waals surface area contributed by atoms with Gasteiger partial charge in [0.15, 0.2) is 5.58 Å². The minimum atomic E-state index is 0.912. The number of rotatable bonds is 2. The molecule has 0 unspecified atom stereocenters. The topological polar surface area (TPSA) is 18.1 Å². The van der Waals surface area contributed by atoms with Crippen molar-refractivity contribution in [3.8, 4) is 16.8 Å². The number of fused-ring (bicyclic) bond motifs is 10.